The van der Waals surface area contributed by atoms with E-state index in [9.17, 15) is 4.79 Å². The summed E-state index contributed by atoms with van der Waals surface area (Å²) < 4.78 is 1.15. The van der Waals surface area contributed by atoms with Gasteiger partial charge in [-0.1, -0.05) is 6.42 Å². The lowest BCUT2D eigenvalue weighted by atomic mass is 9.85. The second kappa shape index (κ2) is 4.65. The molecule has 1 amide bonds. The number of rotatable bonds is 3. The maximum Gasteiger partial charge on any atom is 0.256 e. The Kier molecular flexibility index (Phi) is 3.45. The Balaban J connectivity index is 1.95. The van der Waals surface area contributed by atoms with Crippen molar-refractivity contribution in [1.29, 1.82) is 0 Å². The maximum atomic E-state index is 11.8. The van der Waals surface area contributed by atoms with Gasteiger partial charge in [-0.3, -0.25) is 9.89 Å². The molecule has 15 heavy (non-hydrogen) atoms. The fourth-order valence-electron chi connectivity index (χ4n) is 1.52. The van der Waals surface area contributed by atoms with Gasteiger partial charge >= 0.3 is 0 Å². The summed E-state index contributed by atoms with van der Waals surface area (Å²) in [6, 6.07) is 0. The zero-order chi connectivity index (χ0) is 10.8. The Morgan fingerprint density at radius 2 is 2.27 bits per heavy atom. The van der Waals surface area contributed by atoms with Crippen LogP contribution in [0.25, 0.3) is 0 Å². The molecule has 0 spiro atoms. The van der Waals surface area contributed by atoms with E-state index < -0.39 is 0 Å². The molecule has 0 unspecified atom stereocenters. The molecule has 0 atom stereocenters. The van der Waals surface area contributed by atoms with Gasteiger partial charge in [-0.2, -0.15) is 5.10 Å². The van der Waals surface area contributed by atoms with Crippen molar-refractivity contribution in [1.82, 2.24) is 15.5 Å². The van der Waals surface area contributed by atoms with Crippen LogP contribution in [0.5, 0.6) is 0 Å². The highest BCUT2D eigenvalue weighted by Gasteiger charge is 2.21. The molecule has 1 saturated carbocycles. The Labute approximate surface area is 104 Å². The van der Waals surface area contributed by atoms with Crippen molar-refractivity contribution in [3.05, 3.63) is 14.8 Å². The van der Waals surface area contributed by atoms with Crippen molar-refractivity contribution in [2.24, 2.45) is 5.92 Å². The van der Waals surface area contributed by atoms with Crippen LogP contribution < -0.4 is 5.32 Å². The minimum Gasteiger partial charge on any atom is -0.352 e. The highest BCUT2D eigenvalue weighted by Crippen LogP contribution is 2.26. The topological polar surface area (TPSA) is 57.8 Å². The molecule has 1 heterocycles. The molecular weight excluding hydrogens is 326 g/mol. The maximum absolute atomic E-state index is 11.8. The van der Waals surface area contributed by atoms with Crippen molar-refractivity contribution in [2.45, 2.75) is 19.3 Å². The van der Waals surface area contributed by atoms with Crippen LogP contribution in [0.3, 0.4) is 0 Å². The van der Waals surface area contributed by atoms with Gasteiger partial charge in [-0.15, -0.1) is 0 Å². The third-order valence-electron chi connectivity index (χ3n) is 2.68. The fourth-order valence-corrected chi connectivity index (χ4v) is 2.71. The van der Waals surface area contributed by atoms with Crippen LogP contribution in [0.2, 0.25) is 0 Å². The number of carbonyl (C=O) groups excluding carboxylic acids is 1. The van der Waals surface area contributed by atoms with Gasteiger partial charge in [0.2, 0.25) is 0 Å². The van der Waals surface area contributed by atoms with E-state index in [1.165, 1.54) is 19.3 Å². The molecule has 1 aromatic heterocycles. The second-order valence-electron chi connectivity index (χ2n) is 3.71. The highest BCUT2D eigenvalue weighted by atomic mass is 79.9. The first-order chi connectivity index (χ1) is 7.18. The molecular formula is C9H11Br2N3O. The van der Waals surface area contributed by atoms with Gasteiger partial charge in [-0.25, -0.2) is 0 Å². The molecule has 6 heteroatoms. The summed E-state index contributed by atoms with van der Waals surface area (Å²) in [7, 11) is 0. The average Bonchev–Trinajstić information content (AvgIpc) is 2.43. The van der Waals surface area contributed by atoms with Gasteiger partial charge in [0.25, 0.3) is 5.91 Å². The van der Waals surface area contributed by atoms with Gasteiger partial charge in [0.15, 0.2) is 0 Å². The molecule has 0 radical (unpaired) electrons. The van der Waals surface area contributed by atoms with E-state index in [4.69, 9.17) is 0 Å². The first kappa shape index (κ1) is 11.1. The summed E-state index contributed by atoms with van der Waals surface area (Å²) in [5.41, 5.74) is 0.536. The lowest BCUT2D eigenvalue weighted by molar-refractivity contribution is 0.0937. The zero-order valence-corrected chi connectivity index (χ0v) is 11.2. The number of nitrogens with zero attached hydrogens (tertiary/aromatic N) is 1. The SMILES string of the molecule is O=C(NCC1CCC1)c1c(Br)n[nH]c1Br. The standard InChI is InChI=1S/C9H11Br2N3O/c10-7-6(8(11)14-13-7)9(15)12-4-5-2-1-3-5/h5H,1-4H2,(H,12,15)(H,13,14). The summed E-state index contributed by atoms with van der Waals surface area (Å²) in [6.45, 7) is 0.767. The number of amides is 1. The number of halogens is 2. The van der Waals surface area contributed by atoms with E-state index in [1.54, 1.807) is 0 Å². The van der Waals surface area contributed by atoms with Gasteiger partial charge in [0.1, 0.15) is 14.8 Å². The van der Waals surface area contributed by atoms with E-state index in [1.807, 2.05) is 0 Å². The normalized spacial score (nSPS) is 16.1. The summed E-state index contributed by atoms with van der Waals surface area (Å²) in [6.07, 6.45) is 3.75. The van der Waals surface area contributed by atoms with Gasteiger partial charge < -0.3 is 5.32 Å². The van der Waals surface area contributed by atoms with Gasteiger partial charge in [-0.05, 0) is 50.6 Å². The quantitative estimate of drug-likeness (QED) is 0.890. The summed E-state index contributed by atoms with van der Waals surface area (Å²) in [5.74, 6) is 0.577. The lowest BCUT2D eigenvalue weighted by Crippen LogP contribution is -2.32. The summed E-state index contributed by atoms with van der Waals surface area (Å²) >= 11 is 6.47. The molecule has 0 aromatic carbocycles. The van der Waals surface area contributed by atoms with Crippen LogP contribution in [-0.4, -0.2) is 22.6 Å². The highest BCUT2D eigenvalue weighted by molar-refractivity contribution is 9.11. The van der Waals surface area contributed by atoms with E-state index >= 15 is 0 Å². The molecule has 2 rings (SSSR count). The number of hydrogen-bond donors (Lipinski definition) is 2. The van der Waals surface area contributed by atoms with Crippen LogP contribution in [0, 0.1) is 5.92 Å². The second-order valence-corrected chi connectivity index (χ2v) is 5.25. The predicted molar refractivity (Wildman–Crippen MR) is 63.7 cm³/mol. The van der Waals surface area contributed by atoms with Crippen molar-refractivity contribution in [3.8, 4) is 0 Å². The van der Waals surface area contributed by atoms with E-state index in [0.29, 0.717) is 20.7 Å². The molecule has 2 N–H and O–H groups in total. The molecule has 4 nitrogen and oxygen atoms in total. The molecule has 1 aliphatic carbocycles. The predicted octanol–water partition coefficient (Wildman–Crippen LogP) is 2.46. The minimum atomic E-state index is -0.0885. The van der Waals surface area contributed by atoms with Gasteiger partial charge in [0, 0.05) is 6.54 Å². The Bertz CT molecular complexity index is 354. The van der Waals surface area contributed by atoms with Crippen molar-refractivity contribution in [3.63, 3.8) is 0 Å². The molecule has 0 saturated heterocycles. The lowest BCUT2D eigenvalue weighted by Gasteiger charge is -2.25. The minimum absolute atomic E-state index is 0.0885. The number of H-pyrrole nitrogens is 1. The first-order valence-electron chi connectivity index (χ1n) is 4.86. The van der Waals surface area contributed by atoms with Crippen LogP contribution >= 0.6 is 31.9 Å². The summed E-state index contributed by atoms with van der Waals surface area (Å²) in [4.78, 5) is 11.8. The average molecular weight is 337 g/mol. The first-order valence-corrected chi connectivity index (χ1v) is 6.44. The number of aromatic nitrogens is 2. The van der Waals surface area contributed by atoms with Crippen molar-refractivity contribution in [2.75, 3.05) is 6.54 Å². The Hall–Kier alpha value is -0.360. The van der Waals surface area contributed by atoms with Crippen LogP contribution in [0.15, 0.2) is 9.21 Å². The molecule has 0 bridgehead atoms. The van der Waals surface area contributed by atoms with Gasteiger partial charge in [0.05, 0.1) is 0 Å². The monoisotopic (exact) mass is 335 g/mol. The van der Waals surface area contributed by atoms with Crippen molar-refractivity contribution >= 4 is 37.8 Å². The number of nitrogens with one attached hydrogen (secondary N) is 2. The molecule has 1 fully saturated rings. The van der Waals surface area contributed by atoms with Crippen LogP contribution in [0.1, 0.15) is 29.6 Å². The van der Waals surface area contributed by atoms with Crippen LogP contribution in [-0.2, 0) is 0 Å². The third-order valence-corrected chi connectivity index (χ3v) is 3.83. The molecule has 0 aliphatic heterocycles. The smallest absolute Gasteiger partial charge is 0.256 e. The zero-order valence-electron chi connectivity index (χ0n) is 8.02. The fraction of sp³-hybridized carbons (Fsp3) is 0.556. The number of hydrogen-bond acceptors (Lipinski definition) is 2. The number of carbonyl (C=O) groups is 1. The Morgan fingerprint density at radius 3 is 2.73 bits per heavy atom. The third kappa shape index (κ3) is 2.42. The number of aromatic amines is 1. The van der Waals surface area contributed by atoms with E-state index in [0.717, 1.165) is 6.54 Å². The molecule has 1 aromatic rings. The molecule has 1 aliphatic rings. The van der Waals surface area contributed by atoms with Crippen LogP contribution in [0.4, 0.5) is 0 Å². The molecule has 82 valence electrons. The van der Waals surface area contributed by atoms with E-state index in [2.05, 4.69) is 47.4 Å². The Morgan fingerprint density at radius 1 is 1.53 bits per heavy atom. The van der Waals surface area contributed by atoms with E-state index in [-0.39, 0.29) is 5.91 Å². The van der Waals surface area contributed by atoms with Crippen molar-refractivity contribution < 1.29 is 4.79 Å². The summed E-state index contributed by atoms with van der Waals surface area (Å²) in [5, 5.41) is 9.48. The largest absolute Gasteiger partial charge is 0.352 e.